The molecule has 0 saturated carbocycles. The fourth-order valence-corrected chi connectivity index (χ4v) is 3.23. The van der Waals surface area contributed by atoms with E-state index in [0.717, 1.165) is 5.92 Å². The first-order chi connectivity index (χ1) is 8.61. The SMILES string of the molecule is CCCC1CN(CC(C)CC)C(CC)(CC)CN1. The Hall–Kier alpha value is -0.0800. The van der Waals surface area contributed by atoms with Crippen LogP contribution in [-0.2, 0) is 0 Å². The molecule has 2 atom stereocenters. The summed E-state index contributed by atoms with van der Waals surface area (Å²) in [6.07, 6.45) is 6.45. The van der Waals surface area contributed by atoms with Crippen LogP contribution in [0.5, 0.6) is 0 Å². The Morgan fingerprint density at radius 1 is 1.22 bits per heavy atom. The summed E-state index contributed by atoms with van der Waals surface area (Å²) >= 11 is 0. The third kappa shape index (κ3) is 3.71. The molecule has 2 unspecified atom stereocenters. The maximum Gasteiger partial charge on any atom is 0.0329 e. The van der Waals surface area contributed by atoms with E-state index in [9.17, 15) is 0 Å². The van der Waals surface area contributed by atoms with Gasteiger partial charge in [-0.25, -0.2) is 0 Å². The van der Waals surface area contributed by atoms with E-state index in [2.05, 4.69) is 44.8 Å². The van der Waals surface area contributed by atoms with Gasteiger partial charge in [0.25, 0.3) is 0 Å². The molecule has 0 aromatic carbocycles. The lowest BCUT2D eigenvalue weighted by Gasteiger charge is -2.50. The van der Waals surface area contributed by atoms with Crippen LogP contribution in [0.1, 0.15) is 66.7 Å². The summed E-state index contributed by atoms with van der Waals surface area (Å²) in [5.74, 6) is 0.822. The van der Waals surface area contributed by atoms with Crippen LogP contribution >= 0.6 is 0 Å². The lowest BCUT2D eigenvalue weighted by molar-refractivity contribution is 0.0185. The summed E-state index contributed by atoms with van der Waals surface area (Å²) in [6.45, 7) is 15.4. The Labute approximate surface area is 115 Å². The van der Waals surface area contributed by atoms with Crippen molar-refractivity contribution >= 4 is 0 Å². The standard InChI is InChI=1S/C16H34N2/c1-6-10-15-12-18(11-14(5)7-2)16(8-3,9-4)13-17-15/h14-15,17H,6-13H2,1-5H3. The van der Waals surface area contributed by atoms with Gasteiger partial charge in [0, 0.05) is 31.2 Å². The molecule has 1 aliphatic heterocycles. The van der Waals surface area contributed by atoms with Gasteiger partial charge in [0.2, 0.25) is 0 Å². The van der Waals surface area contributed by atoms with E-state index in [4.69, 9.17) is 0 Å². The van der Waals surface area contributed by atoms with Crippen molar-refractivity contribution in [1.82, 2.24) is 10.2 Å². The van der Waals surface area contributed by atoms with Gasteiger partial charge in [0.1, 0.15) is 0 Å². The van der Waals surface area contributed by atoms with Crippen LogP contribution < -0.4 is 5.32 Å². The van der Waals surface area contributed by atoms with Crippen molar-refractivity contribution in [3.05, 3.63) is 0 Å². The molecular formula is C16H34N2. The van der Waals surface area contributed by atoms with E-state index in [1.807, 2.05) is 0 Å². The molecule has 1 fully saturated rings. The van der Waals surface area contributed by atoms with Gasteiger partial charge in [-0.15, -0.1) is 0 Å². The molecule has 2 nitrogen and oxygen atoms in total. The maximum atomic E-state index is 3.79. The Kier molecular flexibility index (Phi) is 6.65. The van der Waals surface area contributed by atoms with E-state index in [1.165, 1.54) is 51.7 Å². The van der Waals surface area contributed by atoms with E-state index < -0.39 is 0 Å². The number of nitrogens with one attached hydrogen (secondary N) is 1. The van der Waals surface area contributed by atoms with Crippen LogP contribution in [0.2, 0.25) is 0 Å². The quantitative estimate of drug-likeness (QED) is 0.746. The molecule has 0 radical (unpaired) electrons. The van der Waals surface area contributed by atoms with E-state index in [-0.39, 0.29) is 0 Å². The Bertz CT molecular complexity index is 223. The molecule has 2 heteroatoms. The summed E-state index contributed by atoms with van der Waals surface area (Å²) in [5, 5.41) is 3.79. The number of hydrogen-bond acceptors (Lipinski definition) is 2. The molecule has 0 aromatic rings. The highest BCUT2D eigenvalue weighted by Gasteiger charge is 2.38. The molecule has 1 N–H and O–H groups in total. The summed E-state index contributed by atoms with van der Waals surface area (Å²) in [5.41, 5.74) is 0.410. The first-order valence-corrected chi connectivity index (χ1v) is 8.10. The van der Waals surface area contributed by atoms with Gasteiger partial charge in [0.15, 0.2) is 0 Å². The van der Waals surface area contributed by atoms with E-state index in [1.54, 1.807) is 0 Å². The lowest BCUT2D eigenvalue weighted by atomic mass is 9.85. The van der Waals surface area contributed by atoms with Crippen LogP contribution in [0.25, 0.3) is 0 Å². The third-order valence-electron chi connectivity index (χ3n) is 5.01. The van der Waals surface area contributed by atoms with Crippen molar-refractivity contribution in [3.8, 4) is 0 Å². The van der Waals surface area contributed by atoms with Gasteiger partial charge in [-0.2, -0.15) is 0 Å². The van der Waals surface area contributed by atoms with Crippen molar-refractivity contribution in [2.75, 3.05) is 19.6 Å². The zero-order valence-corrected chi connectivity index (χ0v) is 13.3. The van der Waals surface area contributed by atoms with Crippen molar-refractivity contribution in [1.29, 1.82) is 0 Å². The van der Waals surface area contributed by atoms with Crippen molar-refractivity contribution in [2.45, 2.75) is 78.3 Å². The zero-order valence-electron chi connectivity index (χ0n) is 13.3. The average molecular weight is 254 g/mol. The molecule has 108 valence electrons. The highest BCUT2D eigenvalue weighted by molar-refractivity contribution is 4.97. The second-order valence-electron chi connectivity index (χ2n) is 6.22. The van der Waals surface area contributed by atoms with Crippen molar-refractivity contribution in [2.24, 2.45) is 5.92 Å². The molecule has 0 amide bonds. The first-order valence-electron chi connectivity index (χ1n) is 8.10. The number of rotatable bonds is 7. The molecule has 0 aromatic heterocycles. The highest BCUT2D eigenvalue weighted by Crippen LogP contribution is 2.29. The van der Waals surface area contributed by atoms with Gasteiger partial charge in [-0.3, -0.25) is 4.90 Å². The molecule has 0 spiro atoms. The molecule has 1 saturated heterocycles. The summed E-state index contributed by atoms with van der Waals surface area (Å²) in [4.78, 5) is 2.80. The molecule has 0 aliphatic carbocycles. The van der Waals surface area contributed by atoms with Crippen molar-refractivity contribution < 1.29 is 0 Å². The first kappa shape index (κ1) is 16.0. The summed E-state index contributed by atoms with van der Waals surface area (Å²) in [7, 11) is 0. The van der Waals surface area contributed by atoms with Gasteiger partial charge in [0.05, 0.1) is 0 Å². The maximum absolute atomic E-state index is 3.79. The highest BCUT2D eigenvalue weighted by atomic mass is 15.3. The molecule has 18 heavy (non-hydrogen) atoms. The van der Waals surface area contributed by atoms with Crippen LogP contribution in [0.15, 0.2) is 0 Å². The predicted octanol–water partition coefficient (Wildman–Crippen LogP) is 3.67. The Balaban J connectivity index is 2.72. The third-order valence-corrected chi connectivity index (χ3v) is 5.01. The number of hydrogen-bond donors (Lipinski definition) is 1. The topological polar surface area (TPSA) is 15.3 Å². The van der Waals surface area contributed by atoms with Gasteiger partial charge in [-0.1, -0.05) is 47.5 Å². The van der Waals surface area contributed by atoms with Crippen LogP contribution in [0.4, 0.5) is 0 Å². The van der Waals surface area contributed by atoms with E-state index in [0.29, 0.717) is 11.6 Å². The second kappa shape index (κ2) is 7.49. The molecule has 0 bridgehead atoms. The smallest absolute Gasteiger partial charge is 0.0329 e. The minimum Gasteiger partial charge on any atom is -0.311 e. The fraction of sp³-hybridized carbons (Fsp3) is 1.00. The predicted molar refractivity (Wildman–Crippen MR) is 81.0 cm³/mol. The second-order valence-corrected chi connectivity index (χ2v) is 6.22. The average Bonchev–Trinajstić information content (AvgIpc) is 2.40. The van der Waals surface area contributed by atoms with Crippen LogP contribution in [-0.4, -0.2) is 36.1 Å². The monoisotopic (exact) mass is 254 g/mol. The summed E-state index contributed by atoms with van der Waals surface area (Å²) < 4.78 is 0. The van der Waals surface area contributed by atoms with E-state index >= 15 is 0 Å². The number of nitrogens with zero attached hydrogens (tertiary/aromatic N) is 1. The normalized spacial score (nSPS) is 26.2. The van der Waals surface area contributed by atoms with Gasteiger partial charge < -0.3 is 5.32 Å². The van der Waals surface area contributed by atoms with Gasteiger partial charge in [-0.05, 0) is 25.2 Å². The minimum atomic E-state index is 0.410. The Morgan fingerprint density at radius 2 is 1.89 bits per heavy atom. The minimum absolute atomic E-state index is 0.410. The summed E-state index contributed by atoms with van der Waals surface area (Å²) in [6, 6.07) is 0.713. The molecular weight excluding hydrogens is 220 g/mol. The Morgan fingerprint density at radius 3 is 2.39 bits per heavy atom. The van der Waals surface area contributed by atoms with Crippen molar-refractivity contribution in [3.63, 3.8) is 0 Å². The zero-order chi connectivity index (χ0) is 13.6. The lowest BCUT2D eigenvalue weighted by Crippen LogP contribution is -2.64. The van der Waals surface area contributed by atoms with Crippen LogP contribution in [0, 0.1) is 5.92 Å². The molecule has 1 heterocycles. The van der Waals surface area contributed by atoms with Crippen LogP contribution in [0.3, 0.4) is 0 Å². The number of piperazine rings is 1. The molecule has 1 aliphatic rings. The fourth-order valence-electron chi connectivity index (χ4n) is 3.23. The van der Waals surface area contributed by atoms with Gasteiger partial charge >= 0.3 is 0 Å². The largest absolute Gasteiger partial charge is 0.311 e. The molecule has 1 rings (SSSR count).